The van der Waals surface area contributed by atoms with Gasteiger partial charge >= 0.3 is 0 Å². The summed E-state index contributed by atoms with van der Waals surface area (Å²) in [6, 6.07) is 4.74. The lowest BCUT2D eigenvalue weighted by molar-refractivity contribution is -0.117. The Balaban J connectivity index is 0.00000242. The zero-order valence-corrected chi connectivity index (χ0v) is 14.6. The highest BCUT2D eigenvalue weighted by atomic mass is 35.5. The Morgan fingerprint density at radius 1 is 1.36 bits per heavy atom. The number of carbonyl (C=O) groups is 1. The SMILES string of the molecule is Cc1ccc(NC(=O)C2CCCN2)cc1S(=O)(=O)N(C)C.Cl. The number of sulfonamides is 1. The van der Waals surface area contributed by atoms with Crippen LogP contribution in [0.15, 0.2) is 23.1 Å². The van der Waals surface area contributed by atoms with Crippen LogP contribution in [-0.2, 0) is 14.8 Å². The van der Waals surface area contributed by atoms with Gasteiger partial charge < -0.3 is 10.6 Å². The van der Waals surface area contributed by atoms with Crippen molar-refractivity contribution in [3.63, 3.8) is 0 Å². The summed E-state index contributed by atoms with van der Waals surface area (Å²) in [7, 11) is -0.541. The third-order valence-electron chi connectivity index (χ3n) is 3.59. The van der Waals surface area contributed by atoms with Crippen LogP contribution in [0.1, 0.15) is 18.4 Å². The Morgan fingerprint density at radius 2 is 2.05 bits per heavy atom. The van der Waals surface area contributed by atoms with Crippen LogP contribution in [-0.4, -0.2) is 45.3 Å². The van der Waals surface area contributed by atoms with Crippen molar-refractivity contribution >= 4 is 34.0 Å². The summed E-state index contributed by atoms with van der Waals surface area (Å²) >= 11 is 0. The molecule has 124 valence electrons. The van der Waals surface area contributed by atoms with E-state index in [4.69, 9.17) is 0 Å². The maximum Gasteiger partial charge on any atom is 0.242 e. The average molecular weight is 348 g/mol. The second-order valence-corrected chi connectivity index (χ2v) is 7.53. The molecule has 0 saturated carbocycles. The van der Waals surface area contributed by atoms with E-state index in [0.717, 1.165) is 19.4 Å². The van der Waals surface area contributed by atoms with Crippen LogP contribution in [0.4, 0.5) is 5.69 Å². The van der Waals surface area contributed by atoms with Crippen LogP contribution in [0.3, 0.4) is 0 Å². The van der Waals surface area contributed by atoms with E-state index in [-0.39, 0.29) is 29.3 Å². The van der Waals surface area contributed by atoms with Gasteiger partial charge in [-0.2, -0.15) is 0 Å². The minimum absolute atomic E-state index is 0. The second-order valence-electron chi connectivity index (χ2n) is 5.41. The van der Waals surface area contributed by atoms with E-state index in [1.807, 2.05) is 0 Å². The molecule has 0 radical (unpaired) electrons. The molecule has 6 nitrogen and oxygen atoms in total. The van der Waals surface area contributed by atoms with Gasteiger partial charge in [0.2, 0.25) is 15.9 Å². The summed E-state index contributed by atoms with van der Waals surface area (Å²) in [5.41, 5.74) is 1.15. The molecular formula is C14H22ClN3O3S. The largest absolute Gasteiger partial charge is 0.325 e. The molecule has 1 aromatic rings. The minimum Gasteiger partial charge on any atom is -0.325 e. The maximum absolute atomic E-state index is 12.2. The minimum atomic E-state index is -3.52. The molecule has 0 aliphatic carbocycles. The standard InChI is InChI=1S/C14H21N3O3S.ClH/c1-10-6-7-11(9-13(10)21(19,20)17(2)3)16-14(18)12-5-4-8-15-12;/h6-7,9,12,15H,4-5,8H2,1-3H3,(H,16,18);1H. The van der Waals surface area contributed by atoms with Gasteiger partial charge in [0.05, 0.1) is 10.9 Å². The predicted octanol–water partition coefficient (Wildman–Crippen LogP) is 1.36. The Labute approximate surface area is 137 Å². The third-order valence-corrected chi connectivity index (χ3v) is 5.55. The van der Waals surface area contributed by atoms with Crippen molar-refractivity contribution in [2.45, 2.75) is 30.7 Å². The highest BCUT2D eigenvalue weighted by Crippen LogP contribution is 2.22. The Kier molecular flexibility index (Phi) is 6.37. The zero-order chi connectivity index (χ0) is 15.6. The lowest BCUT2D eigenvalue weighted by Crippen LogP contribution is -2.35. The van der Waals surface area contributed by atoms with E-state index in [0.29, 0.717) is 11.3 Å². The summed E-state index contributed by atoms with van der Waals surface area (Å²) in [5, 5.41) is 5.89. The van der Waals surface area contributed by atoms with Gasteiger partial charge in [0.1, 0.15) is 0 Å². The summed E-state index contributed by atoms with van der Waals surface area (Å²) in [6.07, 6.45) is 1.78. The van der Waals surface area contributed by atoms with Crippen molar-refractivity contribution in [2.75, 3.05) is 26.0 Å². The van der Waals surface area contributed by atoms with E-state index in [9.17, 15) is 13.2 Å². The quantitative estimate of drug-likeness (QED) is 0.862. The number of rotatable bonds is 4. The molecule has 1 atom stereocenters. The van der Waals surface area contributed by atoms with Gasteiger partial charge in [-0.05, 0) is 44.0 Å². The van der Waals surface area contributed by atoms with Crippen LogP contribution in [0, 0.1) is 6.92 Å². The van der Waals surface area contributed by atoms with Crippen LogP contribution in [0.5, 0.6) is 0 Å². The summed E-state index contributed by atoms with van der Waals surface area (Å²) in [5.74, 6) is -0.121. The van der Waals surface area contributed by atoms with Crippen molar-refractivity contribution in [3.8, 4) is 0 Å². The molecule has 1 heterocycles. The van der Waals surface area contributed by atoms with E-state index in [1.54, 1.807) is 19.1 Å². The van der Waals surface area contributed by atoms with Crippen LogP contribution in [0.2, 0.25) is 0 Å². The Bertz CT molecular complexity index is 641. The number of hydrogen-bond acceptors (Lipinski definition) is 4. The monoisotopic (exact) mass is 347 g/mol. The van der Waals surface area contributed by atoms with Crippen molar-refractivity contribution in [1.82, 2.24) is 9.62 Å². The van der Waals surface area contributed by atoms with Crippen LogP contribution < -0.4 is 10.6 Å². The molecule has 0 aromatic heterocycles. The van der Waals surface area contributed by atoms with E-state index in [2.05, 4.69) is 10.6 Å². The first-order chi connectivity index (χ1) is 9.82. The summed E-state index contributed by atoms with van der Waals surface area (Å²) < 4.78 is 25.7. The number of hydrogen-bond donors (Lipinski definition) is 2. The Morgan fingerprint density at radius 3 is 2.59 bits per heavy atom. The number of aryl methyl sites for hydroxylation is 1. The average Bonchev–Trinajstić information content (AvgIpc) is 2.94. The lowest BCUT2D eigenvalue weighted by atomic mass is 10.2. The third kappa shape index (κ3) is 3.98. The smallest absolute Gasteiger partial charge is 0.242 e. The molecule has 1 aliphatic rings. The molecule has 1 aliphatic heterocycles. The molecular weight excluding hydrogens is 326 g/mol. The highest BCUT2D eigenvalue weighted by molar-refractivity contribution is 7.89. The zero-order valence-electron chi connectivity index (χ0n) is 12.9. The fraction of sp³-hybridized carbons (Fsp3) is 0.500. The number of amides is 1. The van der Waals surface area contributed by atoms with E-state index < -0.39 is 10.0 Å². The van der Waals surface area contributed by atoms with Gasteiger partial charge in [0, 0.05) is 19.8 Å². The number of halogens is 1. The molecule has 0 bridgehead atoms. The molecule has 1 saturated heterocycles. The lowest BCUT2D eigenvalue weighted by Gasteiger charge is -2.16. The number of benzene rings is 1. The second kappa shape index (κ2) is 7.41. The highest BCUT2D eigenvalue weighted by Gasteiger charge is 2.23. The topological polar surface area (TPSA) is 78.5 Å². The van der Waals surface area contributed by atoms with Gasteiger partial charge in [-0.15, -0.1) is 12.4 Å². The first kappa shape index (κ1) is 18.9. The molecule has 0 spiro atoms. The molecule has 1 unspecified atom stereocenters. The van der Waals surface area contributed by atoms with Crippen LogP contribution >= 0.6 is 12.4 Å². The van der Waals surface area contributed by atoms with Gasteiger partial charge in [-0.3, -0.25) is 4.79 Å². The van der Waals surface area contributed by atoms with E-state index in [1.165, 1.54) is 24.5 Å². The molecule has 22 heavy (non-hydrogen) atoms. The molecule has 1 aromatic carbocycles. The number of nitrogens with one attached hydrogen (secondary N) is 2. The predicted molar refractivity (Wildman–Crippen MR) is 89.0 cm³/mol. The summed E-state index contributed by atoms with van der Waals surface area (Å²) in [6.45, 7) is 2.58. The van der Waals surface area contributed by atoms with Crippen molar-refractivity contribution < 1.29 is 13.2 Å². The van der Waals surface area contributed by atoms with Crippen molar-refractivity contribution in [1.29, 1.82) is 0 Å². The van der Waals surface area contributed by atoms with Gasteiger partial charge in [0.15, 0.2) is 0 Å². The fourth-order valence-electron chi connectivity index (χ4n) is 2.29. The molecule has 8 heteroatoms. The first-order valence-corrected chi connectivity index (χ1v) is 8.34. The summed E-state index contributed by atoms with van der Waals surface area (Å²) in [4.78, 5) is 12.3. The maximum atomic E-state index is 12.2. The molecule has 2 N–H and O–H groups in total. The fourth-order valence-corrected chi connectivity index (χ4v) is 3.43. The Hall–Kier alpha value is -1.15. The molecule has 2 rings (SSSR count). The number of anilines is 1. The van der Waals surface area contributed by atoms with Crippen LogP contribution in [0.25, 0.3) is 0 Å². The number of nitrogens with zero attached hydrogens (tertiary/aromatic N) is 1. The van der Waals surface area contributed by atoms with Gasteiger partial charge in [0.25, 0.3) is 0 Å². The van der Waals surface area contributed by atoms with E-state index >= 15 is 0 Å². The van der Waals surface area contributed by atoms with Crippen molar-refractivity contribution in [2.24, 2.45) is 0 Å². The van der Waals surface area contributed by atoms with Gasteiger partial charge in [-0.1, -0.05) is 6.07 Å². The van der Waals surface area contributed by atoms with Gasteiger partial charge in [-0.25, -0.2) is 12.7 Å². The normalized spacial score (nSPS) is 18.1. The molecule has 1 fully saturated rings. The molecule has 1 amide bonds. The first-order valence-electron chi connectivity index (χ1n) is 6.90. The number of carbonyl (C=O) groups excluding carboxylic acids is 1. The van der Waals surface area contributed by atoms with Crippen molar-refractivity contribution in [3.05, 3.63) is 23.8 Å².